The smallest absolute Gasteiger partial charge is 0.310 e. The van der Waals surface area contributed by atoms with Gasteiger partial charge in [0.1, 0.15) is 21.9 Å². The number of halogens is 5. The van der Waals surface area contributed by atoms with Gasteiger partial charge in [0.25, 0.3) is 5.71 Å². The average molecular weight is 366 g/mol. The molecule has 0 aliphatic rings. The fourth-order valence-corrected chi connectivity index (χ4v) is 2.77. The number of anilines is 2. The Labute approximate surface area is 132 Å². The van der Waals surface area contributed by atoms with Crippen molar-refractivity contribution in [1.82, 2.24) is 15.1 Å². The molecule has 0 fully saturated rings. The molecule has 24 heavy (non-hydrogen) atoms. The van der Waals surface area contributed by atoms with Crippen LogP contribution in [0.2, 0.25) is 0 Å². The van der Waals surface area contributed by atoms with Crippen molar-refractivity contribution in [3.63, 3.8) is 0 Å². The lowest BCUT2D eigenvalue weighted by molar-refractivity contribution is 0.364. The summed E-state index contributed by atoms with van der Waals surface area (Å²) in [6.07, 6.45) is 0. The zero-order chi connectivity index (χ0) is 17.8. The van der Waals surface area contributed by atoms with Crippen LogP contribution in [0.5, 0.6) is 0 Å². The van der Waals surface area contributed by atoms with Crippen LogP contribution in [0.25, 0.3) is 11.1 Å². The minimum Gasteiger partial charge on any atom is -0.339 e. The van der Waals surface area contributed by atoms with Crippen LogP contribution < -0.4 is 5.32 Å². The van der Waals surface area contributed by atoms with Crippen molar-refractivity contribution in [2.45, 2.75) is 18.7 Å². The molecule has 0 unspecified atom stereocenters. The predicted molar refractivity (Wildman–Crippen MR) is 80.2 cm³/mol. The predicted octanol–water partition coefficient (Wildman–Crippen LogP) is 5.64. The van der Waals surface area contributed by atoms with E-state index in [1.165, 1.54) is 0 Å². The number of nitrogens with one attached hydrogen (secondary N) is 1. The van der Waals surface area contributed by atoms with E-state index in [2.05, 4.69) is 20.4 Å². The Kier molecular flexibility index (Phi) is 2.98. The second kappa shape index (κ2) is 4.35. The highest BCUT2D eigenvalue weighted by atomic mass is 32.5. The van der Waals surface area contributed by atoms with Gasteiger partial charge in [-0.3, -0.25) is 0 Å². The van der Waals surface area contributed by atoms with Crippen molar-refractivity contribution >= 4 is 32.8 Å². The Hall–Kier alpha value is -2.43. The van der Waals surface area contributed by atoms with Crippen LogP contribution in [0.4, 0.5) is 30.9 Å². The highest BCUT2D eigenvalue weighted by molar-refractivity contribution is 8.45. The molecule has 0 atom stereocenters. The molecule has 0 saturated heterocycles. The molecule has 0 bridgehead atoms. The fourth-order valence-electron chi connectivity index (χ4n) is 2.12. The van der Waals surface area contributed by atoms with E-state index in [9.17, 15) is 19.4 Å². The van der Waals surface area contributed by atoms with E-state index in [1.54, 1.807) is 13.8 Å². The summed E-state index contributed by atoms with van der Waals surface area (Å²) >= 11 is 0. The van der Waals surface area contributed by atoms with Gasteiger partial charge >= 0.3 is 10.2 Å². The highest BCUT2D eigenvalue weighted by Gasteiger charge is 2.65. The minimum atomic E-state index is -9.68. The minimum absolute atomic E-state index is 0.153. The van der Waals surface area contributed by atoms with Gasteiger partial charge in [-0.25, -0.2) is 4.98 Å². The number of benzene rings is 1. The molecule has 2 aromatic heterocycles. The molecular weight excluding hydrogens is 355 g/mol. The maximum Gasteiger partial charge on any atom is 0.310 e. The molecule has 3 rings (SSSR count). The molecule has 0 aliphatic heterocycles. The molecule has 0 radical (unpaired) electrons. The zero-order valence-electron chi connectivity index (χ0n) is 12.4. The van der Waals surface area contributed by atoms with E-state index >= 15 is 0 Å². The molecular formula is C13H11F5N4OS. The van der Waals surface area contributed by atoms with Gasteiger partial charge in [-0.2, -0.15) is 4.98 Å². The van der Waals surface area contributed by atoms with Crippen molar-refractivity contribution in [2.75, 3.05) is 5.32 Å². The summed E-state index contributed by atoms with van der Waals surface area (Å²) in [5, 5.41) is 6.97. The normalized spacial score (nSPS) is 15.1. The Morgan fingerprint density at radius 3 is 2.17 bits per heavy atom. The number of nitrogens with zero attached hydrogens (tertiary/aromatic N) is 3. The monoisotopic (exact) mass is 366 g/mol. The van der Waals surface area contributed by atoms with Crippen molar-refractivity contribution in [1.29, 1.82) is 0 Å². The molecule has 130 valence electrons. The largest absolute Gasteiger partial charge is 0.339 e. The first-order chi connectivity index (χ1) is 10.8. The van der Waals surface area contributed by atoms with Gasteiger partial charge in [-0.15, -0.1) is 0 Å². The lowest BCUT2D eigenvalue weighted by Gasteiger charge is -2.40. The van der Waals surface area contributed by atoms with Gasteiger partial charge in [0.15, 0.2) is 0 Å². The van der Waals surface area contributed by atoms with Crippen molar-refractivity contribution in [3.8, 4) is 0 Å². The summed E-state index contributed by atoms with van der Waals surface area (Å²) in [5.41, 5.74) is 0.850. The Morgan fingerprint density at radius 2 is 1.58 bits per heavy atom. The van der Waals surface area contributed by atoms with Crippen molar-refractivity contribution in [3.05, 3.63) is 35.8 Å². The summed E-state index contributed by atoms with van der Waals surface area (Å²) in [6.45, 7) is 3.24. The van der Waals surface area contributed by atoms with Crippen LogP contribution in [0.3, 0.4) is 0 Å². The zero-order valence-corrected chi connectivity index (χ0v) is 13.2. The quantitative estimate of drug-likeness (QED) is 0.608. The number of hydrogen-bond acceptors (Lipinski definition) is 5. The van der Waals surface area contributed by atoms with Crippen LogP contribution in [0.15, 0.2) is 33.7 Å². The third-order valence-corrected chi connectivity index (χ3v) is 4.34. The van der Waals surface area contributed by atoms with Gasteiger partial charge in [-0.1, -0.05) is 24.6 Å². The molecule has 1 aromatic carbocycles. The topological polar surface area (TPSA) is 63.8 Å². The van der Waals surface area contributed by atoms with E-state index in [0.717, 1.165) is 12.1 Å². The number of rotatable bonds is 3. The van der Waals surface area contributed by atoms with Crippen molar-refractivity contribution < 1.29 is 24.0 Å². The number of hydrogen-bond donors (Lipinski definition) is 1. The molecule has 0 saturated carbocycles. The molecule has 3 aromatic rings. The molecule has 5 nitrogen and oxygen atoms in total. The maximum atomic E-state index is 12.7. The average Bonchev–Trinajstić information content (AvgIpc) is 2.78. The number of aromatic nitrogens is 3. The van der Waals surface area contributed by atoms with Gasteiger partial charge < -0.3 is 9.84 Å². The van der Waals surface area contributed by atoms with Crippen LogP contribution in [0.1, 0.15) is 11.5 Å². The Morgan fingerprint density at radius 1 is 0.958 bits per heavy atom. The van der Waals surface area contributed by atoms with E-state index in [0.29, 0.717) is 29.0 Å². The van der Waals surface area contributed by atoms with Crippen LogP contribution in [-0.4, -0.2) is 15.1 Å². The lowest BCUT2D eigenvalue weighted by atomic mass is 10.2. The van der Waals surface area contributed by atoms with Crippen LogP contribution >= 0.6 is 10.2 Å². The summed E-state index contributed by atoms with van der Waals surface area (Å²) in [4.78, 5) is 6.23. The number of aryl methyl sites for hydroxylation is 2. The van der Waals surface area contributed by atoms with E-state index in [4.69, 9.17) is 4.52 Å². The fraction of sp³-hybridized carbons (Fsp3) is 0.154. The highest BCUT2D eigenvalue weighted by Crippen LogP contribution is 3.02. The molecule has 0 amide bonds. The summed E-state index contributed by atoms with van der Waals surface area (Å²) in [5.74, 6) is 0.612. The standard InChI is InChI=1S/C13H11F5N4OS/c1-7-11-12(19-8(2)20-13(11)23-22-7)21-9-3-5-10(6-4-9)24(14,15,16,17)18/h3-6H,1-2H3,(H,19,20,21). The third-order valence-electron chi connectivity index (χ3n) is 3.18. The lowest BCUT2D eigenvalue weighted by Crippen LogP contribution is -2.06. The molecule has 0 spiro atoms. The van der Waals surface area contributed by atoms with Gasteiger partial charge in [0.05, 0.1) is 5.69 Å². The van der Waals surface area contributed by atoms with E-state index in [-0.39, 0.29) is 17.2 Å². The van der Waals surface area contributed by atoms with Gasteiger partial charge in [0.2, 0.25) is 0 Å². The first-order valence-corrected chi connectivity index (χ1v) is 8.50. The first kappa shape index (κ1) is 16.4. The van der Waals surface area contributed by atoms with Gasteiger partial charge in [-0.05, 0) is 38.1 Å². The Bertz CT molecular complexity index is 938. The van der Waals surface area contributed by atoms with Crippen LogP contribution in [0, 0.1) is 13.8 Å². The van der Waals surface area contributed by atoms with Crippen LogP contribution in [-0.2, 0) is 0 Å². The van der Waals surface area contributed by atoms with E-state index in [1.807, 2.05) is 0 Å². The Balaban J connectivity index is 2.00. The molecule has 11 heteroatoms. The second-order valence-corrected chi connectivity index (χ2v) is 7.60. The van der Waals surface area contributed by atoms with Crippen molar-refractivity contribution in [2.24, 2.45) is 0 Å². The maximum absolute atomic E-state index is 12.7. The summed E-state index contributed by atoms with van der Waals surface area (Å²) < 4.78 is 68.6. The van der Waals surface area contributed by atoms with Gasteiger partial charge in [0, 0.05) is 5.69 Å². The summed E-state index contributed by atoms with van der Waals surface area (Å²) in [6, 6.07) is 2.46. The molecule has 2 heterocycles. The van der Waals surface area contributed by atoms with E-state index < -0.39 is 15.1 Å². The molecule has 0 aliphatic carbocycles. The number of fused-ring (bicyclic) bond motifs is 1. The third kappa shape index (κ3) is 3.11. The first-order valence-electron chi connectivity index (χ1n) is 6.55. The summed E-state index contributed by atoms with van der Waals surface area (Å²) in [7, 11) is -9.68. The second-order valence-electron chi connectivity index (χ2n) is 5.19. The SMILES string of the molecule is Cc1nc(Nc2ccc(S(F)(F)(F)(F)F)cc2)c2c(C)noc2n1. The molecule has 1 N–H and O–H groups in total.